The predicted octanol–water partition coefficient (Wildman–Crippen LogP) is 2.87. The Hall–Kier alpha value is -2.10. The van der Waals surface area contributed by atoms with E-state index in [1.165, 1.54) is 12.1 Å². The zero-order chi connectivity index (χ0) is 18.1. The predicted molar refractivity (Wildman–Crippen MR) is 79.9 cm³/mol. The van der Waals surface area contributed by atoms with Gasteiger partial charge in [-0.2, -0.15) is 23.0 Å². The molecule has 0 aromatic carbocycles. The minimum absolute atomic E-state index is 0.0243. The minimum Gasteiger partial charge on any atom is -0.475 e. The summed E-state index contributed by atoms with van der Waals surface area (Å²) in [6.45, 7) is 3.54. The summed E-state index contributed by atoms with van der Waals surface area (Å²) in [7, 11) is -3.46. The molecule has 2 aromatic rings. The topological polar surface area (TPSA) is 74.1 Å². The molecular weight excluding hydrogens is 347 g/mol. The minimum atomic E-state index is -4.63. The van der Waals surface area contributed by atoms with Gasteiger partial charge in [0.15, 0.2) is 21.3 Å². The maximum Gasteiger partial charge on any atom is 0.435 e. The molecule has 2 rings (SSSR count). The lowest BCUT2D eigenvalue weighted by Gasteiger charge is -2.13. The molecule has 0 saturated carbocycles. The third-order valence-corrected chi connectivity index (χ3v) is 4.33. The molecule has 24 heavy (non-hydrogen) atoms. The summed E-state index contributed by atoms with van der Waals surface area (Å²) in [6, 6.07) is 3.31. The van der Waals surface area contributed by atoms with Gasteiger partial charge in [-0.3, -0.25) is 0 Å². The number of pyridine rings is 1. The van der Waals surface area contributed by atoms with Gasteiger partial charge in [-0.1, -0.05) is 6.92 Å². The van der Waals surface area contributed by atoms with Crippen molar-refractivity contribution in [1.29, 1.82) is 0 Å². The van der Waals surface area contributed by atoms with Crippen LogP contribution in [0.3, 0.4) is 0 Å². The molecule has 0 fully saturated rings. The summed E-state index contributed by atoms with van der Waals surface area (Å²) >= 11 is 0. The number of nitrogens with zero attached hydrogens (tertiary/aromatic N) is 3. The zero-order valence-electron chi connectivity index (χ0n) is 13.2. The van der Waals surface area contributed by atoms with Crippen molar-refractivity contribution >= 4 is 9.84 Å². The number of aromatic nitrogens is 3. The van der Waals surface area contributed by atoms with Crippen LogP contribution in [0.5, 0.6) is 5.88 Å². The lowest BCUT2D eigenvalue weighted by molar-refractivity contribution is -0.141. The second-order valence-electron chi connectivity index (χ2n) is 5.24. The quantitative estimate of drug-likeness (QED) is 0.817. The van der Waals surface area contributed by atoms with Crippen LogP contribution in [-0.2, 0) is 16.0 Å². The molecule has 0 bridgehead atoms. The molecule has 0 aliphatic rings. The third kappa shape index (κ3) is 4.05. The van der Waals surface area contributed by atoms with Crippen molar-refractivity contribution in [3.8, 4) is 11.7 Å². The molecule has 0 aliphatic heterocycles. The van der Waals surface area contributed by atoms with E-state index in [2.05, 4.69) is 10.1 Å². The molecule has 2 heterocycles. The van der Waals surface area contributed by atoms with Crippen molar-refractivity contribution < 1.29 is 26.3 Å². The number of alkyl halides is 3. The Morgan fingerprint density at radius 2 is 2.00 bits per heavy atom. The molecule has 0 N–H and O–H groups in total. The fourth-order valence-corrected chi connectivity index (χ4v) is 2.32. The molecule has 10 heteroatoms. The lowest BCUT2D eigenvalue weighted by Crippen LogP contribution is -2.13. The molecular formula is C14H16F3N3O3S. The average Bonchev–Trinajstić information content (AvgIpc) is 2.90. The highest BCUT2D eigenvalue weighted by Crippen LogP contribution is 2.32. The average molecular weight is 363 g/mol. The van der Waals surface area contributed by atoms with E-state index in [4.69, 9.17) is 4.74 Å². The maximum atomic E-state index is 12.9. The van der Waals surface area contributed by atoms with Crippen LogP contribution >= 0.6 is 0 Å². The Labute approximate surface area is 137 Å². The highest BCUT2D eigenvalue weighted by Gasteiger charge is 2.36. The van der Waals surface area contributed by atoms with E-state index in [9.17, 15) is 21.6 Å². The highest BCUT2D eigenvalue weighted by atomic mass is 32.2. The molecule has 2 aromatic heterocycles. The molecule has 0 unspecified atom stereocenters. The summed E-state index contributed by atoms with van der Waals surface area (Å²) in [5.74, 6) is -0.0903. The van der Waals surface area contributed by atoms with Gasteiger partial charge in [0.05, 0.1) is 11.0 Å². The summed E-state index contributed by atoms with van der Waals surface area (Å²) in [5.41, 5.74) is -1.12. The Morgan fingerprint density at radius 1 is 1.33 bits per heavy atom. The first-order valence-corrected chi connectivity index (χ1v) is 8.92. The Bertz CT molecular complexity index is 814. The van der Waals surface area contributed by atoms with Crippen molar-refractivity contribution in [2.45, 2.75) is 37.4 Å². The van der Waals surface area contributed by atoms with Gasteiger partial charge < -0.3 is 4.74 Å². The monoisotopic (exact) mass is 363 g/mol. The molecule has 132 valence electrons. The summed E-state index contributed by atoms with van der Waals surface area (Å²) in [4.78, 5) is 3.84. The number of halogens is 3. The number of hydrogen-bond acceptors (Lipinski definition) is 5. The molecule has 0 aliphatic carbocycles. The molecule has 0 spiro atoms. The van der Waals surface area contributed by atoms with Gasteiger partial charge in [0, 0.05) is 18.5 Å². The number of sulfone groups is 1. The Kier molecular flexibility index (Phi) is 4.88. The first-order valence-electron chi connectivity index (χ1n) is 7.02. The molecule has 0 amide bonds. The second-order valence-corrected chi connectivity index (χ2v) is 7.25. The van der Waals surface area contributed by atoms with Gasteiger partial charge in [0.1, 0.15) is 0 Å². The van der Waals surface area contributed by atoms with Crippen LogP contribution in [0.4, 0.5) is 13.2 Å². The number of ether oxygens (including phenoxy) is 1. The van der Waals surface area contributed by atoms with Gasteiger partial charge in [-0.15, -0.1) is 0 Å². The van der Waals surface area contributed by atoms with E-state index >= 15 is 0 Å². The van der Waals surface area contributed by atoms with Gasteiger partial charge in [-0.25, -0.2) is 13.4 Å². The smallest absolute Gasteiger partial charge is 0.435 e. The number of rotatable bonds is 5. The van der Waals surface area contributed by atoms with Gasteiger partial charge in [-0.05, 0) is 25.5 Å². The van der Waals surface area contributed by atoms with Crippen LogP contribution < -0.4 is 4.74 Å². The molecule has 0 radical (unpaired) electrons. The van der Waals surface area contributed by atoms with E-state index in [-0.39, 0.29) is 22.7 Å². The van der Waals surface area contributed by atoms with Crippen LogP contribution in [0.25, 0.3) is 5.82 Å². The summed E-state index contributed by atoms with van der Waals surface area (Å²) < 4.78 is 67.9. The lowest BCUT2D eigenvalue weighted by atomic mass is 10.3. The summed E-state index contributed by atoms with van der Waals surface area (Å²) in [5, 5.41) is 3.49. The largest absolute Gasteiger partial charge is 0.475 e. The molecule has 0 saturated heterocycles. The SMILES string of the molecule is CC[C@H](C)Oc1cc(C(F)(F)F)nn1-c1ccc(S(C)(=O)=O)cn1. The van der Waals surface area contributed by atoms with E-state index < -0.39 is 21.7 Å². The number of hydrogen-bond donors (Lipinski definition) is 0. The molecule has 6 nitrogen and oxygen atoms in total. The van der Waals surface area contributed by atoms with Crippen molar-refractivity contribution in [2.75, 3.05) is 6.26 Å². The van der Waals surface area contributed by atoms with E-state index in [0.29, 0.717) is 6.42 Å². The first kappa shape index (κ1) is 18.2. The fourth-order valence-electron chi connectivity index (χ4n) is 1.76. The Balaban J connectivity index is 2.49. The van der Waals surface area contributed by atoms with E-state index in [0.717, 1.165) is 23.2 Å². The van der Waals surface area contributed by atoms with E-state index in [1.807, 2.05) is 6.92 Å². The second kappa shape index (κ2) is 6.42. The van der Waals surface area contributed by atoms with Gasteiger partial charge >= 0.3 is 6.18 Å². The Morgan fingerprint density at radius 3 is 2.46 bits per heavy atom. The van der Waals surface area contributed by atoms with Crippen LogP contribution in [-0.4, -0.2) is 35.5 Å². The maximum absolute atomic E-state index is 12.9. The highest BCUT2D eigenvalue weighted by molar-refractivity contribution is 7.90. The van der Waals surface area contributed by atoms with Gasteiger partial charge in [0.25, 0.3) is 0 Å². The van der Waals surface area contributed by atoms with Gasteiger partial charge in [0.2, 0.25) is 5.88 Å². The summed E-state index contributed by atoms with van der Waals surface area (Å²) in [6.07, 6.45) is -2.29. The van der Waals surface area contributed by atoms with Crippen molar-refractivity contribution in [1.82, 2.24) is 14.8 Å². The van der Waals surface area contributed by atoms with Crippen molar-refractivity contribution in [3.63, 3.8) is 0 Å². The molecule has 1 atom stereocenters. The van der Waals surface area contributed by atoms with Crippen LogP contribution in [0, 0.1) is 0 Å². The van der Waals surface area contributed by atoms with Crippen LogP contribution in [0.1, 0.15) is 26.0 Å². The fraction of sp³-hybridized carbons (Fsp3) is 0.429. The van der Waals surface area contributed by atoms with Crippen molar-refractivity contribution in [2.24, 2.45) is 0 Å². The van der Waals surface area contributed by atoms with Crippen LogP contribution in [0.15, 0.2) is 29.3 Å². The zero-order valence-corrected chi connectivity index (χ0v) is 14.0. The van der Waals surface area contributed by atoms with Crippen molar-refractivity contribution in [3.05, 3.63) is 30.1 Å². The van der Waals surface area contributed by atoms with E-state index in [1.54, 1.807) is 6.92 Å². The normalized spacial score (nSPS) is 13.8. The standard InChI is InChI=1S/C14H16F3N3O3S/c1-4-9(2)23-13-7-11(14(15,16)17)19-20(13)12-6-5-10(8-18-12)24(3,21)22/h5-9H,4H2,1-3H3/t9-/m0/s1. The third-order valence-electron chi connectivity index (χ3n) is 3.23. The van der Waals surface area contributed by atoms with Crippen LogP contribution in [0.2, 0.25) is 0 Å². The first-order chi connectivity index (χ1) is 11.0.